The van der Waals surface area contributed by atoms with Crippen LogP contribution in [-0.2, 0) is 30.5 Å². The van der Waals surface area contributed by atoms with E-state index in [1.807, 2.05) is 18.2 Å². The smallest absolute Gasteiger partial charge is 0.328 e. The van der Waals surface area contributed by atoms with Crippen molar-refractivity contribution in [2.24, 2.45) is 0 Å². The molecule has 0 spiro atoms. The summed E-state index contributed by atoms with van der Waals surface area (Å²) in [5.74, 6) is -2.83. The summed E-state index contributed by atoms with van der Waals surface area (Å²) in [6.45, 7) is -0.494. The third-order valence-corrected chi connectivity index (χ3v) is 3.84. The van der Waals surface area contributed by atoms with E-state index in [0.717, 1.165) is 5.56 Å². The Morgan fingerprint density at radius 2 is 1.83 bits per heavy atom. The molecule has 0 unspecified atom stereocenters. The lowest BCUT2D eigenvalue weighted by Gasteiger charge is -2.45. The molecule has 2 rings (SSSR count). The average molecular weight is 337 g/mol. The summed E-state index contributed by atoms with van der Waals surface area (Å²) in [5, 5.41) is 18.2. The van der Waals surface area contributed by atoms with E-state index < -0.39 is 23.4 Å². The van der Waals surface area contributed by atoms with Crippen molar-refractivity contribution in [3.8, 4) is 0 Å². The number of ether oxygens (including phenoxy) is 2. The maximum atomic E-state index is 12.0. The topological polar surface area (TPSA) is 113 Å². The van der Waals surface area contributed by atoms with E-state index >= 15 is 0 Å². The molecule has 8 heteroatoms. The van der Waals surface area contributed by atoms with Crippen LogP contribution in [0.25, 0.3) is 0 Å². The number of hydrogen-bond acceptors (Lipinski definition) is 6. The van der Waals surface area contributed by atoms with Crippen molar-refractivity contribution in [1.82, 2.24) is 4.90 Å². The SMILES string of the molecule is O=C(O)CCN(CC(=O)OCc1ccccc1)C1(C(=O)O)COC1. The second-order valence-electron chi connectivity index (χ2n) is 5.54. The molecule has 130 valence electrons. The van der Waals surface area contributed by atoms with Crippen LogP contribution in [0, 0.1) is 0 Å². The van der Waals surface area contributed by atoms with Gasteiger partial charge in [-0.2, -0.15) is 0 Å². The van der Waals surface area contributed by atoms with Gasteiger partial charge in [0.05, 0.1) is 26.2 Å². The van der Waals surface area contributed by atoms with E-state index in [1.165, 1.54) is 4.90 Å². The van der Waals surface area contributed by atoms with Crippen molar-refractivity contribution >= 4 is 17.9 Å². The molecule has 1 heterocycles. The third kappa shape index (κ3) is 4.30. The predicted octanol–water partition coefficient (Wildman–Crippen LogP) is 0.360. The molecule has 2 N–H and O–H groups in total. The number of carboxylic acid groups (broad SMARTS) is 2. The molecule has 1 aliphatic heterocycles. The molecule has 0 atom stereocenters. The minimum atomic E-state index is -1.37. The first-order valence-electron chi connectivity index (χ1n) is 7.41. The monoisotopic (exact) mass is 337 g/mol. The second-order valence-corrected chi connectivity index (χ2v) is 5.54. The molecule has 0 amide bonds. The van der Waals surface area contributed by atoms with Gasteiger partial charge in [-0.3, -0.25) is 19.3 Å². The van der Waals surface area contributed by atoms with E-state index in [1.54, 1.807) is 12.1 Å². The summed E-state index contributed by atoms with van der Waals surface area (Å²) >= 11 is 0. The predicted molar refractivity (Wildman–Crippen MR) is 81.2 cm³/mol. The molecule has 24 heavy (non-hydrogen) atoms. The Labute approximate surface area is 138 Å². The van der Waals surface area contributed by atoms with Crippen LogP contribution in [0.3, 0.4) is 0 Å². The highest BCUT2D eigenvalue weighted by atomic mass is 16.5. The number of carboxylic acids is 2. The van der Waals surface area contributed by atoms with E-state index in [-0.39, 0.29) is 39.3 Å². The fourth-order valence-corrected chi connectivity index (χ4v) is 2.35. The second kappa shape index (κ2) is 7.89. The van der Waals surface area contributed by atoms with E-state index in [2.05, 4.69) is 0 Å². The number of aliphatic carboxylic acids is 2. The summed E-state index contributed by atoms with van der Waals surface area (Å²) in [6, 6.07) is 9.06. The molecule has 8 nitrogen and oxygen atoms in total. The zero-order valence-electron chi connectivity index (χ0n) is 13.0. The van der Waals surface area contributed by atoms with Crippen LogP contribution in [-0.4, -0.2) is 64.9 Å². The quantitative estimate of drug-likeness (QED) is 0.621. The molecule has 1 aromatic rings. The molecule has 0 saturated carbocycles. The summed E-state index contributed by atoms with van der Waals surface area (Å²) in [4.78, 5) is 35.7. The van der Waals surface area contributed by atoms with Gasteiger partial charge in [-0.15, -0.1) is 0 Å². The number of rotatable bonds is 9. The van der Waals surface area contributed by atoms with Gasteiger partial charge in [-0.05, 0) is 5.56 Å². The van der Waals surface area contributed by atoms with Crippen LogP contribution in [0.15, 0.2) is 30.3 Å². The van der Waals surface area contributed by atoms with Crippen LogP contribution >= 0.6 is 0 Å². The molecule has 1 saturated heterocycles. The van der Waals surface area contributed by atoms with Gasteiger partial charge in [0.2, 0.25) is 0 Å². The first-order chi connectivity index (χ1) is 11.4. The fraction of sp³-hybridized carbons (Fsp3) is 0.438. The van der Waals surface area contributed by atoms with Crippen molar-refractivity contribution in [3.63, 3.8) is 0 Å². The van der Waals surface area contributed by atoms with Crippen molar-refractivity contribution in [2.75, 3.05) is 26.3 Å². The molecule has 0 radical (unpaired) electrons. The summed E-state index contributed by atoms with van der Waals surface area (Å²) in [6.07, 6.45) is -0.277. The molecule has 0 aliphatic carbocycles. The highest BCUT2D eigenvalue weighted by Crippen LogP contribution is 2.26. The number of nitrogens with zero attached hydrogens (tertiary/aromatic N) is 1. The molecule has 1 aliphatic rings. The van der Waals surface area contributed by atoms with Gasteiger partial charge < -0.3 is 19.7 Å². The van der Waals surface area contributed by atoms with Crippen LogP contribution in [0.2, 0.25) is 0 Å². The Bertz CT molecular complexity index is 598. The highest BCUT2D eigenvalue weighted by Gasteiger charge is 2.51. The standard InChI is InChI=1S/C16H19NO7/c18-13(19)6-7-17(16(15(21)22)10-23-11-16)8-14(20)24-9-12-4-2-1-3-5-12/h1-5H,6-11H2,(H,18,19)(H,21,22). The Morgan fingerprint density at radius 1 is 1.17 bits per heavy atom. The Morgan fingerprint density at radius 3 is 2.33 bits per heavy atom. The molecular weight excluding hydrogens is 318 g/mol. The molecule has 1 fully saturated rings. The molecule has 0 bridgehead atoms. The Kier molecular flexibility index (Phi) is 5.88. The lowest BCUT2D eigenvalue weighted by atomic mass is 9.94. The average Bonchev–Trinajstić information content (AvgIpc) is 2.50. The number of benzene rings is 1. The third-order valence-electron chi connectivity index (χ3n) is 3.84. The van der Waals surface area contributed by atoms with Crippen LogP contribution in [0.1, 0.15) is 12.0 Å². The van der Waals surface area contributed by atoms with Gasteiger partial charge in [-0.25, -0.2) is 0 Å². The summed E-state index contributed by atoms with van der Waals surface area (Å²) in [7, 11) is 0. The first-order valence-corrected chi connectivity index (χ1v) is 7.41. The minimum absolute atomic E-state index is 0.0724. The lowest BCUT2D eigenvalue weighted by Crippen LogP contribution is -2.68. The zero-order chi connectivity index (χ0) is 17.6. The van der Waals surface area contributed by atoms with Crippen LogP contribution in [0.5, 0.6) is 0 Å². The van der Waals surface area contributed by atoms with Crippen molar-refractivity contribution in [1.29, 1.82) is 0 Å². The highest BCUT2D eigenvalue weighted by molar-refractivity contribution is 5.82. The maximum absolute atomic E-state index is 12.0. The number of hydrogen-bond donors (Lipinski definition) is 2. The maximum Gasteiger partial charge on any atom is 0.328 e. The largest absolute Gasteiger partial charge is 0.481 e. The Balaban J connectivity index is 1.97. The van der Waals surface area contributed by atoms with Crippen molar-refractivity contribution < 1.29 is 34.1 Å². The van der Waals surface area contributed by atoms with Crippen molar-refractivity contribution in [2.45, 2.75) is 18.6 Å². The number of carbonyl (C=O) groups excluding carboxylic acids is 1. The minimum Gasteiger partial charge on any atom is -0.481 e. The fourth-order valence-electron chi connectivity index (χ4n) is 2.35. The molecule has 0 aromatic heterocycles. The van der Waals surface area contributed by atoms with Gasteiger partial charge in [0, 0.05) is 6.54 Å². The van der Waals surface area contributed by atoms with Gasteiger partial charge in [0.15, 0.2) is 5.54 Å². The molecular formula is C16H19NO7. The lowest BCUT2D eigenvalue weighted by molar-refractivity contribution is -0.191. The summed E-state index contributed by atoms with van der Waals surface area (Å²) < 4.78 is 10.1. The summed E-state index contributed by atoms with van der Waals surface area (Å²) in [5.41, 5.74) is -0.566. The Hall–Kier alpha value is -2.45. The number of carbonyl (C=O) groups is 3. The van der Waals surface area contributed by atoms with Gasteiger partial charge >= 0.3 is 17.9 Å². The van der Waals surface area contributed by atoms with Gasteiger partial charge in [0.1, 0.15) is 6.61 Å². The van der Waals surface area contributed by atoms with E-state index in [9.17, 15) is 19.5 Å². The van der Waals surface area contributed by atoms with Crippen LogP contribution < -0.4 is 0 Å². The van der Waals surface area contributed by atoms with E-state index in [4.69, 9.17) is 14.6 Å². The zero-order valence-corrected chi connectivity index (χ0v) is 13.0. The van der Waals surface area contributed by atoms with Crippen molar-refractivity contribution in [3.05, 3.63) is 35.9 Å². The first kappa shape index (κ1) is 17.9. The normalized spacial score (nSPS) is 15.5. The number of esters is 1. The van der Waals surface area contributed by atoms with Gasteiger partial charge in [0.25, 0.3) is 0 Å². The molecule has 1 aromatic carbocycles. The van der Waals surface area contributed by atoms with E-state index in [0.29, 0.717) is 0 Å². The van der Waals surface area contributed by atoms with Gasteiger partial charge in [-0.1, -0.05) is 30.3 Å². The van der Waals surface area contributed by atoms with Crippen LogP contribution in [0.4, 0.5) is 0 Å².